The zero-order chi connectivity index (χ0) is 10.6. The van der Waals surface area contributed by atoms with E-state index in [1.54, 1.807) is 7.11 Å². The molecule has 2 heteroatoms. The zero-order valence-corrected chi connectivity index (χ0v) is 8.96. The number of aryl methyl sites for hydroxylation is 1. The van der Waals surface area contributed by atoms with Gasteiger partial charge in [-0.1, -0.05) is 13.8 Å². The fourth-order valence-electron chi connectivity index (χ4n) is 1.56. The predicted molar refractivity (Wildman–Crippen MR) is 57.0 cm³/mol. The van der Waals surface area contributed by atoms with Gasteiger partial charge in [0.15, 0.2) is 5.78 Å². The van der Waals surface area contributed by atoms with Crippen molar-refractivity contribution in [3.05, 3.63) is 29.3 Å². The minimum Gasteiger partial charge on any atom is -0.497 e. The van der Waals surface area contributed by atoms with Crippen LogP contribution in [0.5, 0.6) is 5.75 Å². The van der Waals surface area contributed by atoms with E-state index in [2.05, 4.69) is 0 Å². The van der Waals surface area contributed by atoms with Crippen LogP contribution in [0.4, 0.5) is 0 Å². The second-order valence-electron chi connectivity index (χ2n) is 2.95. The topological polar surface area (TPSA) is 26.3 Å². The van der Waals surface area contributed by atoms with Crippen molar-refractivity contribution in [2.75, 3.05) is 7.11 Å². The molecule has 1 aliphatic carbocycles. The van der Waals surface area contributed by atoms with Crippen molar-refractivity contribution in [2.45, 2.75) is 26.7 Å². The van der Waals surface area contributed by atoms with Crippen LogP contribution in [0.1, 0.15) is 36.2 Å². The average Bonchev–Trinajstić information content (AvgIpc) is 2.63. The molecule has 2 nitrogen and oxygen atoms in total. The normalized spacial score (nSPS) is 12.9. The van der Waals surface area contributed by atoms with Crippen LogP contribution >= 0.6 is 0 Å². The van der Waals surface area contributed by atoms with Gasteiger partial charge in [-0.3, -0.25) is 4.79 Å². The number of ether oxygens (including phenoxy) is 1. The Hall–Kier alpha value is -1.31. The van der Waals surface area contributed by atoms with E-state index in [9.17, 15) is 4.79 Å². The van der Waals surface area contributed by atoms with Crippen LogP contribution in [0, 0.1) is 0 Å². The number of Topliss-reactive ketones (excluding diaryl/α,β-unsaturated/α-hetero) is 1. The average molecular weight is 192 g/mol. The maximum Gasteiger partial charge on any atom is 0.163 e. The molecule has 1 aromatic carbocycles. The third-order valence-electron chi connectivity index (χ3n) is 2.23. The Bertz CT molecular complexity index is 329. The molecule has 0 radical (unpaired) electrons. The van der Waals surface area contributed by atoms with E-state index in [4.69, 9.17) is 4.74 Å². The molecule has 0 N–H and O–H groups in total. The highest BCUT2D eigenvalue weighted by atomic mass is 16.5. The summed E-state index contributed by atoms with van der Waals surface area (Å²) in [4.78, 5) is 11.2. The Labute approximate surface area is 84.9 Å². The largest absolute Gasteiger partial charge is 0.497 e. The Kier molecular flexibility index (Phi) is 3.69. The summed E-state index contributed by atoms with van der Waals surface area (Å²) >= 11 is 0. The van der Waals surface area contributed by atoms with Gasteiger partial charge in [-0.2, -0.15) is 0 Å². The van der Waals surface area contributed by atoms with Gasteiger partial charge in [0.25, 0.3) is 0 Å². The number of carbonyl (C=O) groups is 1. The second kappa shape index (κ2) is 4.80. The molecule has 0 atom stereocenters. The lowest BCUT2D eigenvalue weighted by molar-refractivity contribution is 0.0994. The molecule has 1 aliphatic rings. The molecule has 0 spiro atoms. The summed E-state index contributed by atoms with van der Waals surface area (Å²) in [6.45, 7) is 4.00. The van der Waals surface area contributed by atoms with Gasteiger partial charge in [0.2, 0.25) is 0 Å². The van der Waals surface area contributed by atoms with Crippen LogP contribution in [0.3, 0.4) is 0 Å². The summed E-state index contributed by atoms with van der Waals surface area (Å²) < 4.78 is 5.06. The van der Waals surface area contributed by atoms with Crippen molar-refractivity contribution in [3.63, 3.8) is 0 Å². The molecule has 0 bridgehead atoms. The molecule has 0 aliphatic heterocycles. The van der Waals surface area contributed by atoms with Gasteiger partial charge in [0.1, 0.15) is 5.75 Å². The molecule has 0 unspecified atom stereocenters. The van der Waals surface area contributed by atoms with Gasteiger partial charge in [-0.25, -0.2) is 0 Å². The molecular formula is C12H16O2. The molecule has 1 aromatic rings. The molecule has 0 fully saturated rings. The first-order valence-corrected chi connectivity index (χ1v) is 5.01. The first-order chi connectivity index (χ1) is 6.81. The van der Waals surface area contributed by atoms with E-state index in [0.29, 0.717) is 6.42 Å². The van der Waals surface area contributed by atoms with Crippen molar-refractivity contribution in [1.82, 2.24) is 0 Å². The molecule has 0 aromatic heterocycles. The van der Waals surface area contributed by atoms with Crippen LogP contribution < -0.4 is 4.74 Å². The molecule has 0 saturated carbocycles. The third kappa shape index (κ3) is 1.95. The summed E-state index contributed by atoms with van der Waals surface area (Å²) in [7, 11) is 1.64. The maximum absolute atomic E-state index is 11.2. The lowest BCUT2D eigenvalue weighted by Crippen LogP contribution is -1.91. The van der Waals surface area contributed by atoms with E-state index >= 15 is 0 Å². The summed E-state index contributed by atoms with van der Waals surface area (Å²) in [6.07, 6.45) is 1.52. The molecule has 2 rings (SSSR count). The Morgan fingerprint density at radius 2 is 1.93 bits per heavy atom. The Morgan fingerprint density at radius 3 is 2.57 bits per heavy atom. The number of methoxy groups -OCH3 is 1. The minimum absolute atomic E-state index is 0.257. The van der Waals surface area contributed by atoms with Crippen molar-refractivity contribution in [2.24, 2.45) is 0 Å². The molecule has 0 amide bonds. The number of fused-ring (bicyclic) bond motifs is 1. The number of hydrogen-bond acceptors (Lipinski definition) is 2. The quantitative estimate of drug-likeness (QED) is 0.684. The number of benzene rings is 1. The van der Waals surface area contributed by atoms with Crippen LogP contribution in [0.25, 0.3) is 0 Å². The standard InChI is InChI=1S/C10H10O2.C2H6/c1-12-8-3-4-9-7(6-8)2-5-10(9)11;1-2/h3-4,6H,2,5H2,1H3;1-2H3. The Balaban J connectivity index is 0.000000461. The number of rotatable bonds is 1. The van der Waals surface area contributed by atoms with E-state index < -0.39 is 0 Å². The Morgan fingerprint density at radius 1 is 1.21 bits per heavy atom. The van der Waals surface area contributed by atoms with E-state index in [-0.39, 0.29) is 5.78 Å². The van der Waals surface area contributed by atoms with Crippen molar-refractivity contribution < 1.29 is 9.53 Å². The highest BCUT2D eigenvalue weighted by Gasteiger charge is 2.18. The lowest BCUT2D eigenvalue weighted by atomic mass is 10.1. The van der Waals surface area contributed by atoms with Crippen LogP contribution in [0.15, 0.2) is 18.2 Å². The van der Waals surface area contributed by atoms with E-state index in [1.807, 2.05) is 32.0 Å². The predicted octanol–water partition coefficient (Wildman–Crippen LogP) is 2.85. The second-order valence-corrected chi connectivity index (χ2v) is 2.95. The van der Waals surface area contributed by atoms with Gasteiger partial charge in [-0.15, -0.1) is 0 Å². The van der Waals surface area contributed by atoms with E-state index in [1.165, 1.54) is 0 Å². The molecule has 14 heavy (non-hydrogen) atoms. The summed E-state index contributed by atoms with van der Waals surface area (Å²) in [5.41, 5.74) is 2.00. The highest BCUT2D eigenvalue weighted by Crippen LogP contribution is 2.25. The first kappa shape index (κ1) is 10.8. The third-order valence-corrected chi connectivity index (χ3v) is 2.23. The monoisotopic (exact) mass is 192 g/mol. The van der Waals surface area contributed by atoms with Gasteiger partial charge in [0, 0.05) is 12.0 Å². The molecule has 76 valence electrons. The SMILES string of the molecule is CC.COc1ccc2c(c1)CCC2=O. The van der Waals surface area contributed by atoms with E-state index in [0.717, 1.165) is 23.3 Å². The van der Waals surface area contributed by atoms with Gasteiger partial charge >= 0.3 is 0 Å². The van der Waals surface area contributed by atoms with Gasteiger partial charge in [0.05, 0.1) is 7.11 Å². The maximum atomic E-state index is 11.2. The number of hydrogen-bond donors (Lipinski definition) is 0. The molecule has 0 heterocycles. The van der Waals surface area contributed by atoms with Crippen LogP contribution in [-0.2, 0) is 6.42 Å². The lowest BCUT2D eigenvalue weighted by Gasteiger charge is -2.01. The minimum atomic E-state index is 0.257. The summed E-state index contributed by atoms with van der Waals surface area (Å²) in [5.74, 6) is 1.09. The smallest absolute Gasteiger partial charge is 0.163 e. The first-order valence-electron chi connectivity index (χ1n) is 5.01. The summed E-state index contributed by atoms with van der Waals surface area (Å²) in [6, 6.07) is 5.63. The highest BCUT2D eigenvalue weighted by molar-refractivity contribution is 6.00. The summed E-state index contributed by atoms with van der Waals surface area (Å²) in [5, 5.41) is 0. The van der Waals surface area contributed by atoms with Crippen LogP contribution in [0.2, 0.25) is 0 Å². The van der Waals surface area contributed by atoms with Crippen molar-refractivity contribution in [3.8, 4) is 5.75 Å². The fourth-order valence-corrected chi connectivity index (χ4v) is 1.56. The number of ketones is 1. The number of carbonyl (C=O) groups excluding carboxylic acids is 1. The van der Waals surface area contributed by atoms with Gasteiger partial charge in [-0.05, 0) is 30.2 Å². The zero-order valence-electron chi connectivity index (χ0n) is 8.96. The van der Waals surface area contributed by atoms with Crippen molar-refractivity contribution in [1.29, 1.82) is 0 Å². The molecule has 0 saturated heterocycles. The van der Waals surface area contributed by atoms with Gasteiger partial charge < -0.3 is 4.74 Å². The van der Waals surface area contributed by atoms with Crippen molar-refractivity contribution >= 4 is 5.78 Å². The molecular weight excluding hydrogens is 176 g/mol. The fraction of sp³-hybridized carbons (Fsp3) is 0.417. The van der Waals surface area contributed by atoms with Crippen LogP contribution in [-0.4, -0.2) is 12.9 Å².